The zero-order chi connectivity index (χ0) is 14.8. The molecule has 1 aliphatic carbocycles. The summed E-state index contributed by atoms with van der Waals surface area (Å²) in [6, 6.07) is 5.61. The maximum absolute atomic E-state index is 11.6. The summed E-state index contributed by atoms with van der Waals surface area (Å²) < 4.78 is 1.51. The van der Waals surface area contributed by atoms with Crippen molar-refractivity contribution in [1.82, 2.24) is 14.7 Å². The zero-order valence-corrected chi connectivity index (χ0v) is 11.4. The van der Waals surface area contributed by atoms with E-state index in [1.54, 1.807) is 24.4 Å². The minimum atomic E-state index is -1.06. The van der Waals surface area contributed by atoms with Crippen molar-refractivity contribution in [3.8, 4) is 0 Å². The fourth-order valence-electron chi connectivity index (χ4n) is 2.15. The van der Waals surface area contributed by atoms with Crippen molar-refractivity contribution in [2.45, 2.75) is 25.3 Å². The van der Waals surface area contributed by atoms with Gasteiger partial charge >= 0.3 is 5.97 Å². The van der Waals surface area contributed by atoms with Gasteiger partial charge in [0, 0.05) is 25.2 Å². The monoisotopic (exact) mass is 288 g/mol. The van der Waals surface area contributed by atoms with Crippen LogP contribution in [0.15, 0.2) is 24.4 Å². The third kappa shape index (κ3) is 2.96. The van der Waals surface area contributed by atoms with E-state index < -0.39 is 5.97 Å². The van der Waals surface area contributed by atoms with E-state index in [9.17, 15) is 14.7 Å². The van der Waals surface area contributed by atoms with Gasteiger partial charge in [0.2, 0.25) is 5.91 Å². The van der Waals surface area contributed by atoms with Crippen LogP contribution in [-0.2, 0) is 4.79 Å². The summed E-state index contributed by atoms with van der Waals surface area (Å²) >= 11 is 0. The van der Waals surface area contributed by atoms with Gasteiger partial charge in [-0.2, -0.15) is 0 Å². The number of anilines is 1. The van der Waals surface area contributed by atoms with Crippen LogP contribution in [0.1, 0.15) is 29.8 Å². The van der Waals surface area contributed by atoms with Crippen molar-refractivity contribution < 1.29 is 14.7 Å². The highest BCUT2D eigenvalue weighted by Gasteiger charge is 2.23. The topological polar surface area (TPSA) is 95.7 Å². The van der Waals surface area contributed by atoms with Crippen LogP contribution in [0.5, 0.6) is 0 Å². The molecule has 0 atom stereocenters. The normalized spacial score (nSPS) is 14.1. The van der Waals surface area contributed by atoms with Gasteiger partial charge in [0.15, 0.2) is 11.5 Å². The van der Waals surface area contributed by atoms with Gasteiger partial charge in [-0.1, -0.05) is 6.07 Å². The second-order valence-electron chi connectivity index (χ2n) is 5.06. The molecule has 0 saturated heterocycles. The fraction of sp³-hybridized carbons (Fsp3) is 0.357. The molecule has 7 nitrogen and oxygen atoms in total. The summed E-state index contributed by atoms with van der Waals surface area (Å²) in [5, 5.41) is 15.1. The molecular weight excluding hydrogens is 272 g/mol. The Labute approximate surface area is 121 Å². The molecule has 0 radical (unpaired) electrons. The number of hydrogen-bond acceptors (Lipinski definition) is 4. The van der Waals surface area contributed by atoms with Crippen LogP contribution in [0.2, 0.25) is 0 Å². The van der Waals surface area contributed by atoms with Crippen LogP contribution in [0, 0.1) is 0 Å². The van der Waals surface area contributed by atoms with Gasteiger partial charge in [-0.05, 0) is 25.0 Å². The molecule has 0 bridgehead atoms. The van der Waals surface area contributed by atoms with Crippen molar-refractivity contribution in [3.05, 3.63) is 30.1 Å². The number of fused-ring (bicyclic) bond motifs is 1. The first-order valence-corrected chi connectivity index (χ1v) is 6.89. The Balaban J connectivity index is 1.69. The maximum atomic E-state index is 11.6. The fourth-order valence-corrected chi connectivity index (χ4v) is 2.15. The molecule has 0 aliphatic heterocycles. The van der Waals surface area contributed by atoms with Crippen molar-refractivity contribution in [2.75, 3.05) is 11.9 Å². The van der Waals surface area contributed by atoms with E-state index >= 15 is 0 Å². The quantitative estimate of drug-likeness (QED) is 0.740. The van der Waals surface area contributed by atoms with E-state index in [0.29, 0.717) is 24.7 Å². The van der Waals surface area contributed by atoms with Gasteiger partial charge in [0.25, 0.3) is 0 Å². The Hall–Kier alpha value is -2.57. The van der Waals surface area contributed by atoms with E-state index in [0.717, 1.165) is 12.8 Å². The first-order chi connectivity index (χ1) is 10.1. The molecule has 1 fully saturated rings. The lowest BCUT2D eigenvalue weighted by atomic mass is 10.3. The summed E-state index contributed by atoms with van der Waals surface area (Å²) in [5.41, 5.74) is 0.632. The highest BCUT2D eigenvalue weighted by Crippen LogP contribution is 2.19. The van der Waals surface area contributed by atoms with Crippen LogP contribution in [0.4, 0.5) is 5.82 Å². The number of nitrogens with one attached hydrogen (secondary N) is 2. The zero-order valence-electron chi connectivity index (χ0n) is 11.4. The van der Waals surface area contributed by atoms with Gasteiger partial charge in [0.1, 0.15) is 5.65 Å². The number of rotatable bonds is 6. The highest BCUT2D eigenvalue weighted by molar-refractivity contribution is 5.93. The standard InChI is InChI=1S/C14H16N4O3/c19-11(16-9-4-5-9)6-7-15-13-12(14(20)21)18-8-2-1-3-10(18)17-13/h1-3,8-9,15H,4-7H2,(H,16,19)(H,20,21). The number of carbonyl (C=O) groups excluding carboxylic acids is 1. The van der Waals surface area contributed by atoms with Crippen LogP contribution in [0.25, 0.3) is 5.65 Å². The predicted molar refractivity (Wildman–Crippen MR) is 76.4 cm³/mol. The lowest BCUT2D eigenvalue weighted by molar-refractivity contribution is -0.120. The lowest BCUT2D eigenvalue weighted by Gasteiger charge is -2.05. The van der Waals surface area contributed by atoms with Gasteiger partial charge in [-0.25, -0.2) is 9.78 Å². The largest absolute Gasteiger partial charge is 0.476 e. The van der Waals surface area contributed by atoms with Crippen LogP contribution >= 0.6 is 0 Å². The molecule has 1 amide bonds. The number of imidazole rings is 1. The molecule has 0 unspecified atom stereocenters. The van der Waals surface area contributed by atoms with E-state index in [4.69, 9.17) is 0 Å². The number of amides is 1. The van der Waals surface area contributed by atoms with Crippen LogP contribution in [-0.4, -0.2) is 39.0 Å². The molecule has 1 saturated carbocycles. The maximum Gasteiger partial charge on any atom is 0.356 e. The molecule has 21 heavy (non-hydrogen) atoms. The number of nitrogens with zero attached hydrogens (tertiary/aromatic N) is 2. The first kappa shape index (κ1) is 13.4. The Morgan fingerprint density at radius 1 is 1.38 bits per heavy atom. The predicted octanol–water partition coefficient (Wildman–Crippen LogP) is 1.11. The highest BCUT2D eigenvalue weighted by atomic mass is 16.4. The molecule has 2 heterocycles. The van der Waals surface area contributed by atoms with E-state index in [-0.39, 0.29) is 17.4 Å². The smallest absolute Gasteiger partial charge is 0.356 e. The van der Waals surface area contributed by atoms with Gasteiger partial charge in [-0.15, -0.1) is 0 Å². The molecular formula is C14H16N4O3. The molecule has 0 aromatic carbocycles. The lowest BCUT2D eigenvalue weighted by Crippen LogP contribution is -2.27. The Bertz CT molecular complexity index is 691. The van der Waals surface area contributed by atoms with Gasteiger partial charge in [0.05, 0.1) is 0 Å². The molecule has 2 aromatic heterocycles. The van der Waals surface area contributed by atoms with Crippen molar-refractivity contribution in [3.63, 3.8) is 0 Å². The van der Waals surface area contributed by atoms with Gasteiger partial charge in [-0.3, -0.25) is 9.20 Å². The number of carboxylic acid groups (broad SMARTS) is 1. The van der Waals surface area contributed by atoms with E-state index in [1.807, 2.05) is 0 Å². The molecule has 7 heteroatoms. The van der Waals surface area contributed by atoms with Crippen molar-refractivity contribution in [2.24, 2.45) is 0 Å². The number of aromatic carboxylic acids is 1. The SMILES string of the molecule is O=C(CCNc1nc2ccccn2c1C(=O)O)NC1CC1. The molecule has 2 aromatic rings. The third-order valence-electron chi connectivity index (χ3n) is 3.32. The van der Waals surface area contributed by atoms with Crippen LogP contribution in [0.3, 0.4) is 0 Å². The van der Waals surface area contributed by atoms with Crippen molar-refractivity contribution in [1.29, 1.82) is 0 Å². The third-order valence-corrected chi connectivity index (χ3v) is 3.32. The Kier molecular flexibility index (Phi) is 3.47. The van der Waals surface area contributed by atoms with Gasteiger partial charge < -0.3 is 15.7 Å². The van der Waals surface area contributed by atoms with E-state index in [2.05, 4.69) is 15.6 Å². The Morgan fingerprint density at radius 2 is 2.19 bits per heavy atom. The second-order valence-corrected chi connectivity index (χ2v) is 5.06. The molecule has 0 spiro atoms. The Morgan fingerprint density at radius 3 is 2.90 bits per heavy atom. The summed E-state index contributed by atoms with van der Waals surface area (Å²) in [7, 11) is 0. The minimum absolute atomic E-state index is 0.0226. The van der Waals surface area contributed by atoms with Crippen molar-refractivity contribution >= 4 is 23.3 Å². The molecule has 110 valence electrons. The summed E-state index contributed by atoms with van der Waals surface area (Å²) in [4.78, 5) is 27.2. The molecule has 3 rings (SSSR count). The molecule has 3 N–H and O–H groups in total. The number of pyridine rings is 1. The minimum Gasteiger partial charge on any atom is -0.476 e. The summed E-state index contributed by atoms with van der Waals surface area (Å²) in [5.74, 6) is -0.794. The summed E-state index contributed by atoms with van der Waals surface area (Å²) in [6.07, 6.45) is 4.05. The number of carboxylic acids is 1. The number of carbonyl (C=O) groups is 2. The van der Waals surface area contributed by atoms with Crippen LogP contribution < -0.4 is 10.6 Å². The second kappa shape index (κ2) is 5.43. The average molecular weight is 288 g/mol. The average Bonchev–Trinajstić information content (AvgIpc) is 3.17. The van der Waals surface area contributed by atoms with E-state index in [1.165, 1.54) is 4.40 Å². The first-order valence-electron chi connectivity index (χ1n) is 6.89. The number of aromatic nitrogens is 2. The summed E-state index contributed by atoms with van der Waals surface area (Å²) in [6.45, 7) is 0.350. The molecule has 1 aliphatic rings. The number of hydrogen-bond donors (Lipinski definition) is 3.